The first kappa shape index (κ1) is 27.4. The van der Waals surface area contributed by atoms with Gasteiger partial charge in [-0.2, -0.15) is 8.78 Å². The van der Waals surface area contributed by atoms with Crippen molar-refractivity contribution >= 4 is 5.97 Å². The number of hydrogen-bond acceptors (Lipinski definition) is 3. The van der Waals surface area contributed by atoms with Crippen LogP contribution in [0, 0.1) is 36.1 Å². The fourth-order valence-corrected chi connectivity index (χ4v) is 4.78. The van der Waals surface area contributed by atoms with Crippen molar-refractivity contribution in [3.8, 4) is 22.6 Å². The number of halogens is 4. The van der Waals surface area contributed by atoms with Crippen LogP contribution in [0.15, 0.2) is 61.2 Å². The van der Waals surface area contributed by atoms with E-state index in [1.807, 2.05) is 6.92 Å². The van der Waals surface area contributed by atoms with Gasteiger partial charge in [-0.1, -0.05) is 42.0 Å². The van der Waals surface area contributed by atoms with Crippen molar-refractivity contribution in [1.29, 1.82) is 0 Å². The molecule has 3 nitrogen and oxygen atoms in total. The summed E-state index contributed by atoms with van der Waals surface area (Å²) in [7, 11) is 0. The fourth-order valence-electron chi connectivity index (χ4n) is 4.78. The summed E-state index contributed by atoms with van der Waals surface area (Å²) in [5.41, 5.74) is 1.82. The molecule has 200 valence electrons. The summed E-state index contributed by atoms with van der Waals surface area (Å²) in [6, 6.07) is 12.6. The molecule has 38 heavy (non-hydrogen) atoms. The first-order valence-electron chi connectivity index (χ1n) is 12.8. The Balaban J connectivity index is 1.37. The van der Waals surface area contributed by atoms with Crippen LogP contribution in [-0.4, -0.2) is 12.6 Å². The molecule has 7 heteroatoms. The SMILES string of the molecule is C=CCCCOc1ccc(C2CCC(C(=O)Oc3ccc(-c4ccc(C)cc4)c(F)c3F)CC2)c(F)c1F. The Hall–Kier alpha value is -3.61. The molecule has 3 aromatic rings. The minimum atomic E-state index is -1.23. The highest BCUT2D eigenvalue weighted by atomic mass is 19.2. The Kier molecular flexibility index (Phi) is 8.87. The van der Waals surface area contributed by atoms with Crippen molar-refractivity contribution in [2.24, 2.45) is 5.92 Å². The predicted molar refractivity (Wildman–Crippen MR) is 138 cm³/mol. The van der Waals surface area contributed by atoms with Gasteiger partial charge in [-0.05, 0) is 80.7 Å². The smallest absolute Gasteiger partial charge is 0.314 e. The second-order valence-electron chi connectivity index (χ2n) is 9.64. The van der Waals surface area contributed by atoms with Gasteiger partial charge in [-0.15, -0.1) is 6.58 Å². The zero-order valence-corrected chi connectivity index (χ0v) is 21.2. The van der Waals surface area contributed by atoms with Crippen molar-refractivity contribution in [3.05, 3.63) is 95.6 Å². The van der Waals surface area contributed by atoms with Crippen molar-refractivity contribution in [2.45, 2.75) is 51.4 Å². The third-order valence-electron chi connectivity index (χ3n) is 7.01. The van der Waals surface area contributed by atoms with Gasteiger partial charge >= 0.3 is 5.97 Å². The maximum absolute atomic E-state index is 14.8. The summed E-state index contributed by atoms with van der Waals surface area (Å²) in [5, 5.41) is 0. The molecule has 0 N–H and O–H groups in total. The van der Waals surface area contributed by atoms with Crippen LogP contribution < -0.4 is 9.47 Å². The summed E-state index contributed by atoms with van der Waals surface area (Å²) < 4.78 is 69.3. The van der Waals surface area contributed by atoms with E-state index in [4.69, 9.17) is 9.47 Å². The number of ether oxygens (including phenoxy) is 2. The largest absolute Gasteiger partial charge is 0.490 e. The highest BCUT2D eigenvalue weighted by molar-refractivity contribution is 5.76. The number of benzene rings is 3. The molecule has 0 atom stereocenters. The van der Waals surface area contributed by atoms with Crippen LogP contribution in [0.3, 0.4) is 0 Å². The molecule has 0 amide bonds. The van der Waals surface area contributed by atoms with Crippen molar-refractivity contribution in [1.82, 2.24) is 0 Å². The van der Waals surface area contributed by atoms with Crippen LogP contribution in [0.2, 0.25) is 0 Å². The van der Waals surface area contributed by atoms with E-state index in [-0.39, 0.29) is 29.4 Å². The molecule has 0 radical (unpaired) electrons. The second-order valence-corrected chi connectivity index (χ2v) is 9.64. The fraction of sp³-hybridized carbons (Fsp3) is 0.323. The van der Waals surface area contributed by atoms with Crippen LogP contribution in [0.1, 0.15) is 55.6 Å². The Labute approximate surface area is 220 Å². The monoisotopic (exact) mass is 526 g/mol. The summed E-state index contributed by atoms with van der Waals surface area (Å²) in [5.74, 6) is -6.37. The van der Waals surface area contributed by atoms with Gasteiger partial charge in [-0.3, -0.25) is 4.79 Å². The molecule has 1 aliphatic carbocycles. The van der Waals surface area contributed by atoms with Gasteiger partial charge in [0.25, 0.3) is 0 Å². The van der Waals surface area contributed by atoms with E-state index in [9.17, 15) is 22.4 Å². The maximum atomic E-state index is 14.8. The first-order valence-corrected chi connectivity index (χ1v) is 12.8. The minimum Gasteiger partial charge on any atom is -0.490 e. The summed E-state index contributed by atoms with van der Waals surface area (Å²) in [6.45, 7) is 5.76. The van der Waals surface area contributed by atoms with E-state index in [1.54, 1.807) is 30.3 Å². The van der Waals surface area contributed by atoms with E-state index in [2.05, 4.69) is 6.58 Å². The lowest BCUT2D eigenvalue weighted by molar-refractivity contribution is -0.140. The topological polar surface area (TPSA) is 35.5 Å². The summed E-state index contributed by atoms with van der Waals surface area (Å²) in [4.78, 5) is 12.7. The average molecular weight is 527 g/mol. The lowest BCUT2D eigenvalue weighted by Crippen LogP contribution is -2.26. The average Bonchev–Trinajstić information content (AvgIpc) is 2.92. The molecule has 0 aliphatic heterocycles. The van der Waals surface area contributed by atoms with Crippen molar-refractivity contribution in [2.75, 3.05) is 6.61 Å². The van der Waals surface area contributed by atoms with Crippen molar-refractivity contribution in [3.63, 3.8) is 0 Å². The summed E-state index contributed by atoms with van der Waals surface area (Å²) in [6.07, 6.45) is 4.67. The normalized spacial score (nSPS) is 17.2. The van der Waals surface area contributed by atoms with Crippen LogP contribution in [-0.2, 0) is 4.79 Å². The molecular weight excluding hydrogens is 496 g/mol. The lowest BCUT2D eigenvalue weighted by atomic mass is 9.78. The van der Waals surface area contributed by atoms with Crippen LogP contribution in [0.4, 0.5) is 17.6 Å². The number of carbonyl (C=O) groups excluding carboxylic acids is 1. The molecule has 3 aromatic carbocycles. The van der Waals surface area contributed by atoms with Gasteiger partial charge in [-0.25, -0.2) is 8.78 Å². The zero-order chi connectivity index (χ0) is 27.2. The molecule has 0 heterocycles. The lowest BCUT2D eigenvalue weighted by Gasteiger charge is -2.28. The van der Waals surface area contributed by atoms with Gasteiger partial charge in [0.1, 0.15) is 0 Å². The number of carbonyl (C=O) groups is 1. The van der Waals surface area contributed by atoms with Gasteiger partial charge in [0, 0.05) is 5.56 Å². The molecule has 0 unspecified atom stereocenters. The number of rotatable bonds is 9. The van der Waals surface area contributed by atoms with Gasteiger partial charge < -0.3 is 9.47 Å². The van der Waals surface area contributed by atoms with E-state index in [0.717, 1.165) is 5.56 Å². The number of esters is 1. The Morgan fingerprint density at radius 1 is 0.868 bits per heavy atom. The predicted octanol–water partition coefficient (Wildman–Crippen LogP) is 8.44. The third-order valence-corrected chi connectivity index (χ3v) is 7.01. The van der Waals surface area contributed by atoms with E-state index >= 15 is 0 Å². The van der Waals surface area contributed by atoms with Gasteiger partial charge in [0.2, 0.25) is 11.6 Å². The van der Waals surface area contributed by atoms with E-state index < -0.39 is 40.9 Å². The zero-order valence-electron chi connectivity index (χ0n) is 21.2. The summed E-state index contributed by atoms with van der Waals surface area (Å²) >= 11 is 0. The molecule has 0 spiro atoms. The minimum absolute atomic E-state index is 0.0743. The van der Waals surface area contributed by atoms with E-state index in [0.29, 0.717) is 44.1 Å². The molecular formula is C31H30F4O3. The molecule has 1 saturated carbocycles. The van der Waals surface area contributed by atoms with Crippen molar-refractivity contribution < 1.29 is 31.8 Å². The molecule has 1 fully saturated rings. The molecule has 0 bridgehead atoms. The molecule has 0 saturated heterocycles. The van der Waals surface area contributed by atoms with Crippen LogP contribution in [0.5, 0.6) is 11.5 Å². The second kappa shape index (κ2) is 12.3. The standard InChI is InChI=1S/C31H30F4O3/c1-3-4-5-18-37-25-16-14-23(27(32)29(25)34)21-10-12-22(13-11-21)31(36)38-26-17-15-24(28(33)30(26)35)20-8-6-19(2)7-9-20/h3,6-9,14-17,21-22H,1,4-5,10-13,18H2,2H3. The Morgan fingerprint density at radius 2 is 1.53 bits per heavy atom. The molecule has 1 aliphatic rings. The molecule has 4 rings (SSSR count). The quantitative estimate of drug-likeness (QED) is 0.0923. The van der Waals surface area contributed by atoms with E-state index in [1.165, 1.54) is 24.3 Å². The molecule has 0 aromatic heterocycles. The number of allylic oxidation sites excluding steroid dienone is 1. The number of aryl methyl sites for hydroxylation is 1. The van der Waals surface area contributed by atoms with Gasteiger partial charge in [0.15, 0.2) is 23.1 Å². The highest BCUT2D eigenvalue weighted by Crippen LogP contribution is 2.39. The Morgan fingerprint density at radius 3 is 2.21 bits per heavy atom. The van der Waals surface area contributed by atoms with Crippen LogP contribution >= 0.6 is 0 Å². The highest BCUT2D eigenvalue weighted by Gasteiger charge is 2.31. The van der Waals surface area contributed by atoms with Crippen LogP contribution in [0.25, 0.3) is 11.1 Å². The number of unbranched alkanes of at least 4 members (excludes halogenated alkanes) is 1. The third kappa shape index (κ3) is 6.09. The van der Waals surface area contributed by atoms with Gasteiger partial charge in [0.05, 0.1) is 12.5 Å². The Bertz CT molecular complexity index is 1300. The first-order chi connectivity index (χ1) is 18.3. The maximum Gasteiger partial charge on any atom is 0.314 e. The number of hydrogen-bond donors (Lipinski definition) is 0.